The van der Waals surface area contributed by atoms with Gasteiger partial charge in [0.2, 0.25) is 0 Å². The van der Waals surface area contributed by atoms with E-state index in [4.69, 9.17) is 0 Å². The van der Waals surface area contributed by atoms with Gasteiger partial charge in [-0.15, -0.1) is 0 Å². The summed E-state index contributed by atoms with van der Waals surface area (Å²) in [4.78, 5) is 11.8. The van der Waals surface area contributed by atoms with Crippen LogP contribution in [0, 0.1) is 6.08 Å². The summed E-state index contributed by atoms with van der Waals surface area (Å²) >= 11 is 0. The number of allylic oxidation sites excluding steroid dienone is 1. The lowest BCUT2D eigenvalue weighted by Crippen LogP contribution is -1.98. The van der Waals surface area contributed by atoms with Crippen molar-refractivity contribution in [3.05, 3.63) is 11.8 Å². The van der Waals surface area contributed by atoms with Crippen molar-refractivity contribution < 1.29 is 0 Å². The number of amidine groups is 1. The van der Waals surface area contributed by atoms with Crippen LogP contribution in [0.2, 0.25) is 0 Å². The molecule has 3 nitrogen and oxygen atoms in total. The number of fused-ring (bicyclic) bond motifs is 1. The summed E-state index contributed by atoms with van der Waals surface area (Å²) in [5.41, 5.74) is 0.789. The molecule has 0 saturated heterocycles. The van der Waals surface area contributed by atoms with Gasteiger partial charge in [0.25, 0.3) is 0 Å². The zero-order chi connectivity index (χ0) is 6.10. The summed E-state index contributed by atoms with van der Waals surface area (Å²) in [6, 6.07) is 0. The first-order chi connectivity index (χ1) is 4.47. The molecular formula is C6H4N3. The molecular weight excluding hydrogens is 114 g/mol. The molecule has 2 heterocycles. The van der Waals surface area contributed by atoms with Crippen molar-refractivity contribution in [1.82, 2.24) is 0 Å². The van der Waals surface area contributed by atoms with Gasteiger partial charge < -0.3 is 0 Å². The van der Waals surface area contributed by atoms with Gasteiger partial charge in [-0.3, -0.25) is 0 Å². The van der Waals surface area contributed by atoms with Gasteiger partial charge in [-0.25, -0.2) is 15.0 Å². The number of aliphatic imine (C=N–C) groups is 3. The summed E-state index contributed by atoms with van der Waals surface area (Å²) in [5, 5.41) is 0. The van der Waals surface area contributed by atoms with E-state index in [1.165, 1.54) is 6.34 Å². The van der Waals surface area contributed by atoms with Crippen LogP contribution in [0.3, 0.4) is 0 Å². The fraction of sp³-hybridized carbons (Fsp3) is 0.167. The van der Waals surface area contributed by atoms with E-state index in [0.717, 1.165) is 12.1 Å². The minimum Gasteiger partial charge on any atom is -0.239 e. The second-order valence-electron chi connectivity index (χ2n) is 1.74. The lowest BCUT2D eigenvalue weighted by molar-refractivity contribution is 1.31. The van der Waals surface area contributed by atoms with Crippen molar-refractivity contribution in [1.29, 1.82) is 0 Å². The first-order valence-electron chi connectivity index (χ1n) is 2.71. The highest BCUT2D eigenvalue weighted by atomic mass is 15.1. The maximum atomic E-state index is 3.99. The Bertz CT molecular complexity index is 245. The fourth-order valence-corrected chi connectivity index (χ4v) is 0.754. The minimum absolute atomic E-state index is 0.696. The predicted octanol–water partition coefficient (Wildman–Crippen LogP) is 0.588. The Labute approximate surface area is 52.5 Å². The zero-order valence-corrected chi connectivity index (χ0v) is 4.70. The molecule has 2 rings (SSSR count). The molecule has 2 aliphatic rings. The lowest BCUT2D eigenvalue weighted by atomic mass is 10.3. The number of dihydropyridines is 1. The number of hydrogen-bond acceptors (Lipinski definition) is 3. The van der Waals surface area contributed by atoms with Crippen molar-refractivity contribution >= 4 is 18.4 Å². The van der Waals surface area contributed by atoms with E-state index in [-0.39, 0.29) is 0 Å². The number of nitrogens with zero attached hydrogens (tertiary/aromatic N) is 3. The van der Waals surface area contributed by atoms with Crippen LogP contribution >= 0.6 is 0 Å². The molecule has 0 bridgehead atoms. The van der Waals surface area contributed by atoms with Crippen LogP contribution in [-0.2, 0) is 0 Å². The minimum atomic E-state index is 0.696. The Kier molecular flexibility index (Phi) is 0.828. The average Bonchev–Trinajstić information content (AvgIpc) is 2.33. The molecule has 9 heavy (non-hydrogen) atoms. The monoisotopic (exact) mass is 118 g/mol. The number of hydrogen-bond donors (Lipinski definition) is 0. The van der Waals surface area contributed by atoms with Crippen molar-refractivity contribution in [2.24, 2.45) is 15.0 Å². The molecule has 0 N–H and O–H groups in total. The van der Waals surface area contributed by atoms with Gasteiger partial charge >= 0.3 is 0 Å². The molecule has 0 aromatic heterocycles. The first-order valence-corrected chi connectivity index (χ1v) is 2.71. The van der Waals surface area contributed by atoms with E-state index in [1.54, 1.807) is 6.21 Å². The Hall–Kier alpha value is -1.25. The van der Waals surface area contributed by atoms with Crippen molar-refractivity contribution in [3.8, 4) is 0 Å². The molecule has 0 aromatic carbocycles. The van der Waals surface area contributed by atoms with Crippen LogP contribution in [-0.4, -0.2) is 18.4 Å². The van der Waals surface area contributed by atoms with Gasteiger partial charge in [-0.05, 0) is 6.08 Å². The molecule has 0 aliphatic carbocycles. The largest absolute Gasteiger partial charge is 0.239 e. The van der Waals surface area contributed by atoms with Gasteiger partial charge in [-0.2, -0.15) is 0 Å². The van der Waals surface area contributed by atoms with Gasteiger partial charge in [0.05, 0.1) is 0 Å². The van der Waals surface area contributed by atoms with Crippen LogP contribution in [0.5, 0.6) is 0 Å². The van der Waals surface area contributed by atoms with Crippen molar-refractivity contribution in [2.75, 3.05) is 0 Å². The molecule has 1 radical (unpaired) electrons. The summed E-state index contributed by atoms with van der Waals surface area (Å²) < 4.78 is 0. The summed E-state index contributed by atoms with van der Waals surface area (Å²) in [6.07, 6.45) is 7.05. The first kappa shape index (κ1) is 4.61. The Morgan fingerprint density at radius 1 is 1.44 bits per heavy atom. The second kappa shape index (κ2) is 1.62. The maximum Gasteiger partial charge on any atom is 0.179 e. The molecule has 0 atom stereocenters. The molecule has 0 spiro atoms. The van der Waals surface area contributed by atoms with E-state index in [2.05, 4.69) is 21.1 Å². The van der Waals surface area contributed by atoms with E-state index < -0.39 is 0 Å². The van der Waals surface area contributed by atoms with Crippen molar-refractivity contribution in [2.45, 2.75) is 6.42 Å². The Morgan fingerprint density at radius 2 is 2.44 bits per heavy atom. The van der Waals surface area contributed by atoms with Crippen LogP contribution in [0.15, 0.2) is 20.7 Å². The normalized spacial score (nSPS) is 21.3. The second-order valence-corrected chi connectivity index (χ2v) is 1.74. The average molecular weight is 118 g/mol. The Balaban J connectivity index is 2.46. The molecule has 0 unspecified atom stereocenters. The van der Waals surface area contributed by atoms with Gasteiger partial charge in [0.1, 0.15) is 12.0 Å². The van der Waals surface area contributed by atoms with E-state index in [1.807, 2.05) is 0 Å². The third-order valence-corrected chi connectivity index (χ3v) is 1.15. The molecule has 3 heteroatoms. The van der Waals surface area contributed by atoms with Crippen LogP contribution in [0.25, 0.3) is 0 Å². The summed E-state index contributed by atoms with van der Waals surface area (Å²) in [7, 11) is 0. The van der Waals surface area contributed by atoms with Crippen LogP contribution in [0.1, 0.15) is 6.42 Å². The molecule has 0 fully saturated rings. The SMILES string of the molecule is [C]1=C2N=CN=C2N=CC1. The summed E-state index contributed by atoms with van der Waals surface area (Å²) in [6.45, 7) is 0. The fourth-order valence-electron chi connectivity index (χ4n) is 0.754. The molecule has 0 amide bonds. The Morgan fingerprint density at radius 3 is 3.33 bits per heavy atom. The van der Waals surface area contributed by atoms with Crippen molar-refractivity contribution in [3.63, 3.8) is 0 Å². The van der Waals surface area contributed by atoms with Crippen LogP contribution < -0.4 is 0 Å². The molecule has 2 aliphatic heterocycles. The standard InChI is InChI=1S/C6H4N3/c1-2-5-6(7-3-1)9-4-8-5/h3-4H,1H2. The quantitative estimate of drug-likeness (QED) is 0.446. The van der Waals surface area contributed by atoms with E-state index >= 15 is 0 Å². The smallest absolute Gasteiger partial charge is 0.179 e. The van der Waals surface area contributed by atoms with E-state index in [0.29, 0.717) is 5.84 Å². The number of rotatable bonds is 0. The molecule has 0 saturated carbocycles. The zero-order valence-electron chi connectivity index (χ0n) is 4.70. The lowest BCUT2D eigenvalue weighted by Gasteiger charge is -1.96. The van der Waals surface area contributed by atoms with Gasteiger partial charge in [-0.1, -0.05) is 0 Å². The highest BCUT2D eigenvalue weighted by molar-refractivity contribution is 6.10. The summed E-state index contributed by atoms with van der Waals surface area (Å²) in [5.74, 6) is 0.696. The highest BCUT2D eigenvalue weighted by Gasteiger charge is 2.09. The molecule has 43 valence electrons. The van der Waals surface area contributed by atoms with Gasteiger partial charge in [0.15, 0.2) is 5.84 Å². The van der Waals surface area contributed by atoms with Crippen LogP contribution in [0.4, 0.5) is 0 Å². The predicted molar refractivity (Wildman–Crippen MR) is 35.8 cm³/mol. The highest BCUT2D eigenvalue weighted by Crippen LogP contribution is 2.10. The van der Waals surface area contributed by atoms with E-state index in [9.17, 15) is 0 Å². The topological polar surface area (TPSA) is 37.1 Å². The molecule has 0 aromatic rings. The van der Waals surface area contributed by atoms with Gasteiger partial charge in [0, 0.05) is 12.6 Å². The third-order valence-electron chi connectivity index (χ3n) is 1.15. The third kappa shape index (κ3) is 0.614. The maximum absolute atomic E-state index is 3.99.